The van der Waals surface area contributed by atoms with Crippen LogP contribution < -0.4 is 4.74 Å². The Morgan fingerprint density at radius 2 is 2.04 bits per heavy atom. The molecule has 28 heavy (non-hydrogen) atoms. The van der Waals surface area contributed by atoms with E-state index in [9.17, 15) is 4.79 Å². The first-order chi connectivity index (χ1) is 13.5. The molecule has 7 heteroatoms. The molecule has 3 rings (SSSR count). The third kappa shape index (κ3) is 4.89. The van der Waals surface area contributed by atoms with E-state index in [0.717, 1.165) is 11.1 Å². The molecule has 1 amide bonds. The number of ether oxygens (including phenoxy) is 1. The van der Waals surface area contributed by atoms with Crippen molar-refractivity contribution >= 4 is 17.5 Å². The number of aromatic nitrogens is 2. The van der Waals surface area contributed by atoms with Crippen molar-refractivity contribution in [2.24, 2.45) is 0 Å². The summed E-state index contributed by atoms with van der Waals surface area (Å²) in [7, 11) is 1.68. The highest BCUT2D eigenvalue weighted by Gasteiger charge is 2.24. The Balaban J connectivity index is 1.66. The van der Waals surface area contributed by atoms with Crippen molar-refractivity contribution in [2.45, 2.75) is 32.9 Å². The molecular weight excluding hydrogens is 378 g/mol. The van der Waals surface area contributed by atoms with Crippen molar-refractivity contribution in [2.75, 3.05) is 7.05 Å². The molecular formula is C21H22ClN3O3. The number of amides is 1. The average molecular weight is 400 g/mol. The van der Waals surface area contributed by atoms with Crippen molar-refractivity contribution < 1.29 is 14.1 Å². The normalized spacial score (nSPS) is 11.9. The number of nitrogens with zero attached hydrogens (tertiary/aromatic N) is 3. The van der Waals surface area contributed by atoms with Gasteiger partial charge in [0.25, 0.3) is 5.91 Å². The molecule has 1 aromatic heterocycles. The molecule has 3 aromatic rings. The molecule has 0 aliphatic heterocycles. The predicted octanol–water partition coefficient (Wildman–Crippen LogP) is 4.51. The fourth-order valence-electron chi connectivity index (χ4n) is 2.76. The van der Waals surface area contributed by atoms with E-state index >= 15 is 0 Å². The number of benzene rings is 2. The first-order valence-corrected chi connectivity index (χ1v) is 9.41. The van der Waals surface area contributed by atoms with Crippen LogP contribution in [0.5, 0.6) is 5.75 Å². The van der Waals surface area contributed by atoms with Gasteiger partial charge in [-0.25, -0.2) is 0 Å². The minimum absolute atomic E-state index is 0.169. The lowest BCUT2D eigenvalue weighted by Crippen LogP contribution is -2.39. The number of carbonyl (C=O) groups is 1. The first kappa shape index (κ1) is 19.9. The highest BCUT2D eigenvalue weighted by molar-refractivity contribution is 6.30. The van der Waals surface area contributed by atoms with Gasteiger partial charge < -0.3 is 14.2 Å². The van der Waals surface area contributed by atoms with Crippen LogP contribution in [0.25, 0.3) is 11.4 Å². The minimum atomic E-state index is -0.623. The highest BCUT2D eigenvalue weighted by Crippen LogP contribution is 2.21. The molecule has 0 bridgehead atoms. The van der Waals surface area contributed by atoms with E-state index < -0.39 is 6.10 Å². The number of aryl methyl sites for hydroxylation is 1. The molecule has 0 spiro atoms. The Kier molecular flexibility index (Phi) is 6.31. The standard InChI is InChI=1S/C21H22ClN3O3/c1-4-18(27-17-10-6-9-16(22)12-17)21(26)25(3)13-19-23-20(24-28-19)15-8-5-7-14(2)11-15/h5-12,18H,4,13H2,1-3H3/t18-/m0/s1. The lowest BCUT2D eigenvalue weighted by Gasteiger charge is -2.22. The van der Waals surface area contributed by atoms with Crippen molar-refractivity contribution in [3.05, 3.63) is 65.0 Å². The van der Waals surface area contributed by atoms with E-state index in [1.165, 1.54) is 4.90 Å². The summed E-state index contributed by atoms with van der Waals surface area (Å²) in [5, 5.41) is 4.57. The number of hydrogen-bond acceptors (Lipinski definition) is 5. The largest absolute Gasteiger partial charge is 0.481 e. The van der Waals surface area contributed by atoms with Gasteiger partial charge in [-0.3, -0.25) is 4.79 Å². The van der Waals surface area contributed by atoms with Gasteiger partial charge in [-0.15, -0.1) is 0 Å². The molecule has 146 valence electrons. The molecule has 1 heterocycles. The molecule has 0 saturated heterocycles. The number of hydrogen-bond donors (Lipinski definition) is 0. The topological polar surface area (TPSA) is 68.5 Å². The minimum Gasteiger partial charge on any atom is -0.481 e. The first-order valence-electron chi connectivity index (χ1n) is 9.03. The lowest BCUT2D eigenvalue weighted by molar-refractivity contribution is -0.138. The lowest BCUT2D eigenvalue weighted by atomic mass is 10.1. The molecule has 2 aromatic carbocycles. The molecule has 0 fully saturated rings. The Hall–Kier alpha value is -2.86. The Morgan fingerprint density at radius 3 is 2.75 bits per heavy atom. The molecule has 1 atom stereocenters. The van der Waals surface area contributed by atoms with Crippen LogP contribution in [0.1, 0.15) is 24.8 Å². The van der Waals surface area contributed by atoms with Crippen LogP contribution in [0.15, 0.2) is 53.1 Å². The maximum atomic E-state index is 12.8. The maximum absolute atomic E-state index is 12.8. The summed E-state index contributed by atoms with van der Waals surface area (Å²) in [6.07, 6.45) is -0.101. The van der Waals surface area contributed by atoms with Crippen molar-refractivity contribution in [3.8, 4) is 17.1 Å². The maximum Gasteiger partial charge on any atom is 0.263 e. The number of likely N-dealkylation sites (N-methyl/N-ethyl adjacent to an activating group) is 1. The van der Waals surface area contributed by atoms with Crippen molar-refractivity contribution in [3.63, 3.8) is 0 Å². The number of carbonyl (C=O) groups excluding carboxylic acids is 1. The van der Waals surface area contributed by atoms with Crippen LogP contribution in [0.4, 0.5) is 0 Å². The zero-order chi connectivity index (χ0) is 20.1. The van der Waals surface area contributed by atoms with Gasteiger partial charge in [-0.2, -0.15) is 4.98 Å². The van der Waals surface area contributed by atoms with Crippen LogP contribution in [-0.2, 0) is 11.3 Å². The Labute approximate surface area is 169 Å². The van der Waals surface area contributed by atoms with Crippen molar-refractivity contribution in [1.82, 2.24) is 15.0 Å². The third-order valence-electron chi connectivity index (χ3n) is 4.21. The summed E-state index contributed by atoms with van der Waals surface area (Å²) in [5.74, 6) is 1.25. The summed E-state index contributed by atoms with van der Waals surface area (Å²) in [6.45, 7) is 4.10. The van der Waals surface area contributed by atoms with Crippen LogP contribution >= 0.6 is 11.6 Å². The van der Waals surface area contributed by atoms with Gasteiger partial charge >= 0.3 is 0 Å². The van der Waals surface area contributed by atoms with E-state index in [-0.39, 0.29) is 12.5 Å². The van der Waals surface area contributed by atoms with E-state index in [4.69, 9.17) is 20.9 Å². The van der Waals surface area contributed by atoms with Crippen LogP contribution in [-0.4, -0.2) is 34.1 Å². The van der Waals surface area contributed by atoms with Crippen molar-refractivity contribution in [1.29, 1.82) is 0 Å². The highest BCUT2D eigenvalue weighted by atomic mass is 35.5. The van der Waals surface area contributed by atoms with Crippen LogP contribution in [0, 0.1) is 6.92 Å². The summed E-state index contributed by atoms with van der Waals surface area (Å²) in [6, 6.07) is 14.8. The SMILES string of the molecule is CC[C@H](Oc1cccc(Cl)c1)C(=O)N(C)Cc1nc(-c2cccc(C)c2)no1. The molecule has 0 unspecified atom stereocenters. The van der Waals surface area contributed by atoms with Gasteiger partial charge in [0, 0.05) is 17.6 Å². The summed E-state index contributed by atoms with van der Waals surface area (Å²) < 4.78 is 11.1. The quantitative estimate of drug-likeness (QED) is 0.584. The summed E-state index contributed by atoms with van der Waals surface area (Å²) in [5.41, 5.74) is 1.99. The molecule has 0 saturated carbocycles. The fraction of sp³-hybridized carbons (Fsp3) is 0.286. The van der Waals surface area contributed by atoms with Gasteiger partial charge in [0.1, 0.15) is 5.75 Å². The zero-order valence-corrected chi connectivity index (χ0v) is 16.8. The molecule has 0 aliphatic rings. The fourth-order valence-corrected chi connectivity index (χ4v) is 2.94. The predicted molar refractivity (Wildman–Crippen MR) is 107 cm³/mol. The molecule has 6 nitrogen and oxygen atoms in total. The Bertz CT molecular complexity index is 957. The second kappa shape index (κ2) is 8.89. The molecule has 0 aliphatic carbocycles. The zero-order valence-electron chi connectivity index (χ0n) is 16.1. The molecule has 0 N–H and O–H groups in total. The summed E-state index contributed by atoms with van der Waals surface area (Å²) >= 11 is 5.98. The van der Waals surface area contributed by atoms with Gasteiger partial charge in [0.2, 0.25) is 11.7 Å². The smallest absolute Gasteiger partial charge is 0.263 e. The van der Waals surface area contributed by atoms with Crippen LogP contribution in [0.3, 0.4) is 0 Å². The van der Waals surface area contributed by atoms with Crippen LogP contribution in [0.2, 0.25) is 5.02 Å². The van der Waals surface area contributed by atoms with E-state index in [2.05, 4.69) is 10.1 Å². The van der Waals surface area contributed by atoms with Gasteiger partial charge in [0.15, 0.2) is 6.10 Å². The summed E-state index contributed by atoms with van der Waals surface area (Å²) in [4.78, 5) is 18.7. The number of halogens is 1. The van der Waals surface area contributed by atoms with Gasteiger partial charge in [0.05, 0.1) is 6.54 Å². The molecule has 0 radical (unpaired) electrons. The van der Waals surface area contributed by atoms with E-state index in [1.54, 1.807) is 31.3 Å². The second-order valence-corrected chi connectivity index (χ2v) is 6.98. The monoisotopic (exact) mass is 399 g/mol. The van der Waals surface area contributed by atoms with Gasteiger partial charge in [-0.1, -0.05) is 53.5 Å². The Morgan fingerprint density at radius 1 is 1.25 bits per heavy atom. The number of rotatable bonds is 7. The van der Waals surface area contributed by atoms with E-state index in [0.29, 0.717) is 28.9 Å². The van der Waals surface area contributed by atoms with Gasteiger partial charge in [-0.05, 0) is 37.6 Å². The second-order valence-electron chi connectivity index (χ2n) is 6.55. The average Bonchev–Trinajstić information content (AvgIpc) is 3.14. The third-order valence-corrected chi connectivity index (χ3v) is 4.45. The van der Waals surface area contributed by atoms with E-state index in [1.807, 2.05) is 38.1 Å².